The number of benzene rings is 2. The van der Waals surface area contributed by atoms with Crippen molar-refractivity contribution in [2.45, 2.75) is 39.5 Å². The average Bonchev–Trinajstić information content (AvgIpc) is 2.44. The number of aryl methyl sites for hydroxylation is 1. The summed E-state index contributed by atoms with van der Waals surface area (Å²) in [6, 6.07) is 12.4. The van der Waals surface area contributed by atoms with E-state index < -0.39 is 0 Å². The van der Waals surface area contributed by atoms with E-state index in [1.807, 2.05) is 19.1 Å². The van der Waals surface area contributed by atoms with Gasteiger partial charge in [0.25, 0.3) is 0 Å². The second kappa shape index (κ2) is 6.65. The van der Waals surface area contributed by atoms with Crippen LogP contribution in [0.4, 0.5) is 0 Å². The molecule has 0 heterocycles. The smallest absolute Gasteiger partial charge is 0.0441 e. The molecule has 0 aromatic heterocycles. The van der Waals surface area contributed by atoms with E-state index in [9.17, 15) is 0 Å². The summed E-state index contributed by atoms with van der Waals surface area (Å²) in [7, 11) is 0. The third-order valence-corrected chi connectivity index (χ3v) is 4.57. The van der Waals surface area contributed by atoms with Gasteiger partial charge in [0.15, 0.2) is 0 Å². The molecule has 2 heteroatoms. The molecule has 0 atom stereocenters. The largest absolute Gasteiger partial charge is 0.0843 e. The van der Waals surface area contributed by atoms with Crippen molar-refractivity contribution in [3.8, 4) is 11.1 Å². The lowest BCUT2D eigenvalue weighted by atomic mass is 9.87. The van der Waals surface area contributed by atoms with Crippen LogP contribution in [-0.4, -0.2) is 0 Å². The zero-order chi connectivity index (χ0) is 14.7. The van der Waals surface area contributed by atoms with Gasteiger partial charge in [0, 0.05) is 10.0 Å². The number of hydrogen-bond donors (Lipinski definition) is 0. The van der Waals surface area contributed by atoms with E-state index in [0.29, 0.717) is 5.92 Å². The first-order chi connectivity index (χ1) is 9.56. The Morgan fingerprint density at radius 2 is 1.65 bits per heavy atom. The van der Waals surface area contributed by atoms with E-state index in [1.54, 1.807) is 0 Å². The van der Waals surface area contributed by atoms with Crippen LogP contribution < -0.4 is 0 Å². The number of halogens is 2. The first kappa shape index (κ1) is 15.4. The second-order valence-electron chi connectivity index (χ2n) is 5.21. The van der Waals surface area contributed by atoms with Crippen LogP contribution in [0.3, 0.4) is 0 Å². The van der Waals surface area contributed by atoms with Crippen molar-refractivity contribution in [1.82, 2.24) is 0 Å². The minimum Gasteiger partial charge on any atom is -0.0843 e. The maximum Gasteiger partial charge on any atom is 0.0441 e. The van der Waals surface area contributed by atoms with Crippen molar-refractivity contribution < 1.29 is 0 Å². The summed E-state index contributed by atoms with van der Waals surface area (Å²) in [6.45, 7) is 6.48. The topological polar surface area (TPSA) is 0 Å². The third-order valence-electron chi connectivity index (χ3n) is 3.92. The molecule has 0 aliphatic heterocycles. The normalized spacial score (nSPS) is 11.1. The van der Waals surface area contributed by atoms with Gasteiger partial charge in [-0.2, -0.15) is 0 Å². The molecular weight excluding hydrogens is 287 g/mol. The number of hydrogen-bond acceptors (Lipinski definition) is 0. The highest BCUT2D eigenvalue weighted by molar-refractivity contribution is 6.32. The minimum atomic E-state index is 0.558. The van der Waals surface area contributed by atoms with Crippen LogP contribution >= 0.6 is 23.2 Å². The van der Waals surface area contributed by atoms with Gasteiger partial charge < -0.3 is 0 Å². The molecule has 0 saturated carbocycles. The molecule has 20 heavy (non-hydrogen) atoms. The zero-order valence-corrected chi connectivity index (χ0v) is 13.7. The Morgan fingerprint density at radius 3 is 2.25 bits per heavy atom. The Hall–Kier alpha value is -0.980. The average molecular weight is 307 g/mol. The van der Waals surface area contributed by atoms with Crippen molar-refractivity contribution in [3.05, 3.63) is 57.6 Å². The van der Waals surface area contributed by atoms with Crippen molar-refractivity contribution in [1.29, 1.82) is 0 Å². The Labute approximate surface area is 131 Å². The summed E-state index contributed by atoms with van der Waals surface area (Å²) < 4.78 is 0. The molecule has 0 bridgehead atoms. The molecule has 0 saturated heterocycles. The molecule has 2 rings (SSSR count). The van der Waals surface area contributed by atoms with Gasteiger partial charge in [-0.3, -0.25) is 0 Å². The lowest BCUT2D eigenvalue weighted by molar-refractivity contribution is 0.643. The van der Waals surface area contributed by atoms with E-state index in [2.05, 4.69) is 38.1 Å². The van der Waals surface area contributed by atoms with Crippen molar-refractivity contribution in [3.63, 3.8) is 0 Å². The SMILES string of the molecule is CCC(CC)c1ccc(Cl)cc1-c1ccc(C)c(Cl)c1. The fourth-order valence-corrected chi connectivity index (χ4v) is 2.98. The maximum absolute atomic E-state index is 6.27. The summed E-state index contributed by atoms with van der Waals surface area (Å²) in [4.78, 5) is 0. The molecule has 0 nitrogen and oxygen atoms in total. The molecule has 0 unspecified atom stereocenters. The van der Waals surface area contributed by atoms with Crippen LogP contribution in [0.25, 0.3) is 11.1 Å². The summed E-state index contributed by atoms with van der Waals surface area (Å²) in [5.74, 6) is 0.558. The molecule has 0 fully saturated rings. The minimum absolute atomic E-state index is 0.558. The fourth-order valence-electron chi connectivity index (χ4n) is 2.62. The van der Waals surface area contributed by atoms with E-state index >= 15 is 0 Å². The van der Waals surface area contributed by atoms with Crippen LogP contribution in [0, 0.1) is 6.92 Å². The quantitative estimate of drug-likeness (QED) is 0.578. The van der Waals surface area contributed by atoms with Crippen LogP contribution in [0.2, 0.25) is 10.0 Å². The Bertz CT molecular complexity index is 598. The van der Waals surface area contributed by atoms with E-state index in [1.165, 1.54) is 11.1 Å². The van der Waals surface area contributed by atoms with E-state index in [-0.39, 0.29) is 0 Å². The second-order valence-corrected chi connectivity index (χ2v) is 6.05. The van der Waals surface area contributed by atoms with Gasteiger partial charge in [0.1, 0.15) is 0 Å². The summed E-state index contributed by atoms with van der Waals surface area (Å²) in [6.07, 6.45) is 2.26. The fraction of sp³-hybridized carbons (Fsp3) is 0.333. The molecule has 0 aliphatic carbocycles. The molecule has 0 radical (unpaired) electrons. The molecule has 0 amide bonds. The summed E-state index contributed by atoms with van der Waals surface area (Å²) >= 11 is 12.5. The summed E-state index contributed by atoms with van der Waals surface area (Å²) in [5.41, 5.74) is 4.80. The lowest BCUT2D eigenvalue weighted by Crippen LogP contribution is -1.98. The van der Waals surface area contributed by atoms with E-state index in [0.717, 1.165) is 34.0 Å². The van der Waals surface area contributed by atoms with Crippen molar-refractivity contribution in [2.24, 2.45) is 0 Å². The first-order valence-electron chi connectivity index (χ1n) is 7.12. The highest BCUT2D eigenvalue weighted by Gasteiger charge is 2.14. The first-order valence-corrected chi connectivity index (χ1v) is 7.88. The Balaban J connectivity index is 2.59. The Morgan fingerprint density at radius 1 is 0.950 bits per heavy atom. The zero-order valence-electron chi connectivity index (χ0n) is 12.2. The van der Waals surface area contributed by atoms with Crippen LogP contribution in [0.1, 0.15) is 43.7 Å². The highest BCUT2D eigenvalue weighted by Crippen LogP contribution is 2.36. The predicted octanol–water partition coefficient (Wildman–Crippen LogP) is 6.87. The Kier molecular flexibility index (Phi) is 5.12. The van der Waals surface area contributed by atoms with Gasteiger partial charge in [0.05, 0.1) is 0 Å². The molecular formula is C18H20Cl2. The standard InChI is InChI=1S/C18H20Cl2/c1-4-13(5-2)16-9-8-15(19)11-17(16)14-7-6-12(3)18(20)10-14/h6-11,13H,4-5H2,1-3H3. The van der Waals surface area contributed by atoms with E-state index in [4.69, 9.17) is 23.2 Å². The van der Waals surface area contributed by atoms with Gasteiger partial charge in [-0.15, -0.1) is 0 Å². The van der Waals surface area contributed by atoms with Gasteiger partial charge in [-0.25, -0.2) is 0 Å². The molecule has 0 aliphatic rings. The predicted molar refractivity (Wildman–Crippen MR) is 90.0 cm³/mol. The lowest BCUT2D eigenvalue weighted by Gasteiger charge is -2.18. The highest BCUT2D eigenvalue weighted by atomic mass is 35.5. The maximum atomic E-state index is 6.27. The summed E-state index contributed by atoms with van der Waals surface area (Å²) in [5, 5.41) is 1.57. The van der Waals surface area contributed by atoms with Crippen molar-refractivity contribution >= 4 is 23.2 Å². The van der Waals surface area contributed by atoms with Gasteiger partial charge in [0.2, 0.25) is 0 Å². The molecule has 0 N–H and O–H groups in total. The monoisotopic (exact) mass is 306 g/mol. The third kappa shape index (κ3) is 3.19. The molecule has 0 spiro atoms. The van der Waals surface area contributed by atoms with Gasteiger partial charge >= 0.3 is 0 Å². The molecule has 2 aromatic carbocycles. The van der Waals surface area contributed by atoms with Crippen molar-refractivity contribution in [2.75, 3.05) is 0 Å². The van der Waals surface area contributed by atoms with Crippen LogP contribution in [0.5, 0.6) is 0 Å². The van der Waals surface area contributed by atoms with Gasteiger partial charge in [-0.1, -0.05) is 55.2 Å². The van der Waals surface area contributed by atoms with Gasteiger partial charge in [-0.05, 0) is 66.1 Å². The van der Waals surface area contributed by atoms with Crippen LogP contribution in [-0.2, 0) is 0 Å². The van der Waals surface area contributed by atoms with Crippen LogP contribution in [0.15, 0.2) is 36.4 Å². The number of rotatable bonds is 4. The molecule has 106 valence electrons. The molecule has 2 aromatic rings.